The predicted molar refractivity (Wildman–Crippen MR) is 109 cm³/mol. The Balaban J connectivity index is 2.53. The largest absolute Gasteiger partial charge is 0.354 e. The highest BCUT2D eigenvalue weighted by molar-refractivity contribution is 6.30. The zero-order chi connectivity index (χ0) is 19.1. The first kappa shape index (κ1) is 20.3. The molecule has 0 saturated carbocycles. The van der Waals surface area contributed by atoms with E-state index in [2.05, 4.69) is 36.0 Å². The number of carbonyl (C=O) groups excluding carboxylic acids is 1. The SMILES string of the molecule is CCCC(CCC)n1c(CC)nc(Nc2ccc(Cl)cc2)c1C(=O)NC. The first-order chi connectivity index (χ1) is 12.5. The van der Waals surface area contributed by atoms with Crippen LogP contribution in [-0.4, -0.2) is 22.5 Å². The lowest BCUT2D eigenvalue weighted by Crippen LogP contribution is -2.25. The Hall–Kier alpha value is -2.01. The number of carbonyl (C=O) groups is 1. The Kier molecular flexibility index (Phi) is 7.51. The van der Waals surface area contributed by atoms with Gasteiger partial charge < -0.3 is 15.2 Å². The number of halogens is 1. The van der Waals surface area contributed by atoms with Gasteiger partial charge in [-0.25, -0.2) is 4.98 Å². The van der Waals surface area contributed by atoms with Crippen molar-refractivity contribution < 1.29 is 4.79 Å². The smallest absolute Gasteiger partial charge is 0.271 e. The van der Waals surface area contributed by atoms with Crippen molar-refractivity contribution in [2.45, 2.75) is 58.9 Å². The molecule has 0 aliphatic heterocycles. The summed E-state index contributed by atoms with van der Waals surface area (Å²) in [7, 11) is 1.66. The van der Waals surface area contributed by atoms with Gasteiger partial charge >= 0.3 is 0 Å². The number of aromatic nitrogens is 2. The van der Waals surface area contributed by atoms with Crippen LogP contribution in [0.2, 0.25) is 5.02 Å². The summed E-state index contributed by atoms with van der Waals surface area (Å²) in [5.41, 5.74) is 1.46. The van der Waals surface area contributed by atoms with E-state index in [0.717, 1.165) is 43.6 Å². The molecule has 0 aliphatic rings. The number of benzene rings is 1. The molecule has 6 heteroatoms. The molecular formula is C20H29ClN4O. The second-order valence-electron chi connectivity index (χ2n) is 6.39. The van der Waals surface area contributed by atoms with Crippen LogP contribution in [0.4, 0.5) is 11.5 Å². The van der Waals surface area contributed by atoms with Crippen molar-refractivity contribution in [2.75, 3.05) is 12.4 Å². The third-order valence-corrected chi connectivity index (χ3v) is 4.71. The van der Waals surface area contributed by atoms with Crippen molar-refractivity contribution >= 4 is 29.0 Å². The molecule has 2 N–H and O–H groups in total. The van der Waals surface area contributed by atoms with Crippen LogP contribution in [0, 0.1) is 0 Å². The predicted octanol–water partition coefficient (Wildman–Crippen LogP) is 5.34. The first-order valence-corrected chi connectivity index (χ1v) is 9.79. The van der Waals surface area contributed by atoms with Gasteiger partial charge in [-0.1, -0.05) is 45.2 Å². The van der Waals surface area contributed by atoms with E-state index in [4.69, 9.17) is 16.6 Å². The molecule has 0 fully saturated rings. The van der Waals surface area contributed by atoms with Crippen molar-refractivity contribution in [3.05, 3.63) is 40.8 Å². The lowest BCUT2D eigenvalue weighted by atomic mass is 10.1. The molecule has 0 atom stereocenters. The molecule has 0 bridgehead atoms. The summed E-state index contributed by atoms with van der Waals surface area (Å²) in [4.78, 5) is 17.5. The molecule has 0 spiro atoms. The molecule has 0 radical (unpaired) electrons. The quantitative estimate of drug-likeness (QED) is 0.620. The van der Waals surface area contributed by atoms with E-state index in [1.807, 2.05) is 24.3 Å². The Morgan fingerprint density at radius 1 is 1.15 bits per heavy atom. The second kappa shape index (κ2) is 9.62. The molecule has 0 saturated heterocycles. The van der Waals surface area contributed by atoms with Crippen LogP contribution in [0.15, 0.2) is 24.3 Å². The third-order valence-electron chi connectivity index (χ3n) is 4.46. The van der Waals surface area contributed by atoms with E-state index in [1.165, 1.54) is 0 Å². The van der Waals surface area contributed by atoms with E-state index < -0.39 is 0 Å². The van der Waals surface area contributed by atoms with Crippen LogP contribution in [0.5, 0.6) is 0 Å². The van der Waals surface area contributed by atoms with Gasteiger partial charge in [-0.15, -0.1) is 0 Å². The summed E-state index contributed by atoms with van der Waals surface area (Å²) >= 11 is 5.97. The van der Waals surface area contributed by atoms with E-state index in [-0.39, 0.29) is 11.9 Å². The molecular weight excluding hydrogens is 348 g/mol. The molecule has 142 valence electrons. The minimum absolute atomic E-state index is 0.120. The molecule has 2 aromatic rings. The van der Waals surface area contributed by atoms with Gasteiger partial charge in [0.1, 0.15) is 5.82 Å². The number of nitrogens with one attached hydrogen (secondary N) is 2. The highest BCUT2D eigenvalue weighted by atomic mass is 35.5. The lowest BCUT2D eigenvalue weighted by Gasteiger charge is -2.22. The molecule has 1 heterocycles. The van der Waals surface area contributed by atoms with Gasteiger partial charge in [0.2, 0.25) is 0 Å². The Morgan fingerprint density at radius 2 is 1.77 bits per heavy atom. The number of nitrogens with zero attached hydrogens (tertiary/aromatic N) is 2. The zero-order valence-electron chi connectivity index (χ0n) is 16.1. The van der Waals surface area contributed by atoms with Crippen LogP contribution < -0.4 is 10.6 Å². The van der Waals surface area contributed by atoms with Crippen LogP contribution in [0.25, 0.3) is 0 Å². The zero-order valence-corrected chi connectivity index (χ0v) is 16.9. The van der Waals surface area contributed by atoms with Crippen molar-refractivity contribution in [2.24, 2.45) is 0 Å². The Labute approximate surface area is 161 Å². The van der Waals surface area contributed by atoms with Gasteiger partial charge in [0.15, 0.2) is 11.5 Å². The summed E-state index contributed by atoms with van der Waals surface area (Å²) < 4.78 is 2.14. The van der Waals surface area contributed by atoms with Crippen molar-refractivity contribution in [3.63, 3.8) is 0 Å². The van der Waals surface area contributed by atoms with Gasteiger partial charge in [0.05, 0.1) is 0 Å². The van der Waals surface area contributed by atoms with Gasteiger partial charge in [0, 0.05) is 30.2 Å². The third kappa shape index (κ3) is 4.58. The second-order valence-corrected chi connectivity index (χ2v) is 6.83. The number of anilines is 2. The molecule has 0 aliphatic carbocycles. The summed E-state index contributed by atoms with van der Waals surface area (Å²) in [6, 6.07) is 7.68. The maximum absolute atomic E-state index is 12.7. The van der Waals surface area contributed by atoms with Gasteiger partial charge in [-0.3, -0.25) is 4.79 Å². The number of rotatable bonds is 9. The van der Waals surface area contributed by atoms with Crippen molar-refractivity contribution in [3.8, 4) is 0 Å². The molecule has 1 amide bonds. The Morgan fingerprint density at radius 3 is 2.27 bits per heavy atom. The molecule has 1 aromatic carbocycles. The fourth-order valence-corrected chi connectivity index (χ4v) is 3.41. The Bertz CT molecular complexity index is 718. The number of aryl methyl sites for hydroxylation is 1. The van der Waals surface area contributed by atoms with E-state index in [9.17, 15) is 4.79 Å². The monoisotopic (exact) mass is 376 g/mol. The summed E-state index contributed by atoms with van der Waals surface area (Å²) in [6.07, 6.45) is 4.97. The summed E-state index contributed by atoms with van der Waals surface area (Å²) in [5, 5.41) is 6.74. The van der Waals surface area contributed by atoms with Crippen LogP contribution in [-0.2, 0) is 6.42 Å². The highest BCUT2D eigenvalue weighted by Crippen LogP contribution is 2.30. The molecule has 0 unspecified atom stereocenters. The van der Waals surface area contributed by atoms with E-state index >= 15 is 0 Å². The standard InChI is InChI=1S/C20H29ClN4O/c1-5-8-16(9-6-2)25-17(7-3)24-19(18(25)20(26)22-4)23-15-12-10-14(21)11-13-15/h10-13,16,23H,5-9H2,1-4H3,(H,22,26). The first-order valence-electron chi connectivity index (χ1n) is 9.41. The van der Waals surface area contributed by atoms with Crippen molar-refractivity contribution in [1.82, 2.24) is 14.9 Å². The molecule has 1 aromatic heterocycles. The highest BCUT2D eigenvalue weighted by Gasteiger charge is 2.26. The lowest BCUT2D eigenvalue weighted by molar-refractivity contribution is 0.0951. The fraction of sp³-hybridized carbons (Fsp3) is 0.500. The van der Waals surface area contributed by atoms with Gasteiger partial charge in [0.25, 0.3) is 5.91 Å². The van der Waals surface area contributed by atoms with Crippen LogP contribution in [0.1, 0.15) is 68.8 Å². The number of imidazole rings is 1. The summed E-state index contributed by atoms with van der Waals surface area (Å²) in [5.74, 6) is 1.42. The number of hydrogen-bond donors (Lipinski definition) is 2. The van der Waals surface area contributed by atoms with E-state index in [1.54, 1.807) is 7.05 Å². The number of hydrogen-bond acceptors (Lipinski definition) is 3. The normalized spacial score (nSPS) is 11.0. The average Bonchev–Trinajstić information content (AvgIpc) is 3.01. The maximum Gasteiger partial charge on any atom is 0.271 e. The van der Waals surface area contributed by atoms with Gasteiger partial charge in [-0.05, 0) is 37.1 Å². The molecule has 5 nitrogen and oxygen atoms in total. The minimum Gasteiger partial charge on any atom is -0.354 e. The maximum atomic E-state index is 12.7. The number of amides is 1. The van der Waals surface area contributed by atoms with Crippen LogP contribution >= 0.6 is 11.6 Å². The van der Waals surface area contributed by atoms with E-state index in [0.29, 0.717) is 16.5 Å². The minimum atomic E-state index is -0.120. The fourth-order valence-electron chi connectivity index (χ4n) is 3.28. The van der Waals surface area contributed by atoms with Crippen LogP contribution in [0.3, 0.4) is 0 Å². The average molecular weight is 377 g/mol. The van der Waals surface area contributed by atoms with Gasteiger partial charge in [-0.2, -0.15) is 0 Å². The molecule has 26 heavy (non-hydrogen) atoms. The summed E-state index contributed by atoms with van der Waals surface area (Å²) in [6.45, 7) is 6.43. The van der Waals surface area contributed by atoms with Crippen molar-refractivity contribution in [1.29, 1.82) is 0 Å². The molecule has 2 rings (SSSR count). The topological polar surface area (TPSA) is 59.0 Å².